The number of aliphatic carboxylic acids is 1. The van der Waals surface area contributed by atoms with Crippen molar-refractivity contribution in [2.75, 3.05) is 0 Å². The molecule has 1 aromatic rings. The van der Waals surface area contributed by atoms with Crippen molar-refractivity contribution in [1.82, 2.24) is 0 Å². The lowest BCUT2D eigenvalue weighted by atomic mass is 9.78. The van der Waals surface area contributed by atoms with Crippen molar-refractivity contribution in [3.8, 4) is 0 Å². The molecule has 0 radical (unpaired) electrons. The van der Waals surface area contributed by atoms with E-state index in [1.54, 1.807) is 6.07 Å². The Morgan fingerprint density at radius 2 is 1.81 bits per heavy atom. The molecule has 0 saturated carbocycles. The summed E-state index contributed by atoms with van der Waals surface area (Å²) in [6, 6.07) is 4.49. The molecule has 0 spiro atoms. The molecule has 0 aliphatic carbocycles. The molecular weight excluding hydrogens is 274 g/mol. The van der Waals surface area contributed by atoms with Crippen LogP contribution in [0.4, 0.5) is 4.39 Å². The molecule has 21 heavy (non-hydrogen) atoms. The molecule has 1 aliphatic rings. The number of benzene rings is 1. The normalized spacial score (nSPS) is 20.1. The Morgan fingerprint density at radius 1 is 1.24 bits per heavy atom. The quantitative estimate of drug-likeness (QED) is 0.685. The smallest absolute Gasteiger partial charge is 0.478 e. The second kappa shape index (κ2) is 5.28. The maximum absolute atomic E-state index is 14.0. The molecular formula is C15H18BFO4. The molecule has 0 unspecified atom stereocenters. The molecule has 2 rings (SSSR count). The molecule has 1 aliphatic heterocycles. The molecule has 4 nitrogen and oxygen atoms in total. The summed E-state index contributed by atoms with van der Waals surface area (Å²) in [5.41, 5.74) is -0.206. The van der Waals surface area contributed by atoms with Crippen LogP contribution in [0, 0.1) is 5.82 Å². The number of halogens is 1. The van der Waals surface area contributed by atoms with Crippen LogP contribution in [0.25, 0.3) is 6.08 Å². The van der Waals surface area contributed by atoms with Crippen LogP contribution in [0.2, 0.25) is 0 Å². The zero-order valence-electron chi connectivity index (χ0n) is 12.5. The fourth-order valence-corrected chi connectivity index (χ4v) is 1.97. The van der Waals surface area contributed by atoms with Gasteiger partial charge in [0.1, 0.15) is 5.82 Å². The molecule has 0 bridgehead atoms. The minimum Gasteiger partial charge on any atom is -0.478 e. The number of carboxylic acids is 1. The Balaban J connectivity index is 2.24. The van der Waals surface area contributed by atoms with Gasteiger partial charge in [-0.1, -0.05) is 12.1 Å². The Kier molecular flexibility index (Phi) is 3.95. The van der Waals surface area contributed by atoms with Crippen LogP contribution in [-0.4, -0.2) is 29.4 Å². The van der Waals surface area contributed by atoms with E-state index in [1.165, 1.54) is 18.2 Å². The highest BCUT2D eigenvalue weighted by atomic mass is 19.1. The summed E-state index contributed by atoms with van der Waals surface area (Å²) in [5.74, 6) is -1.64. The second-order valence-electron chi connectivity index (χ2n) is 6.04. The van der Waals surface area contributed by atoms with Gasteiger partial charge in [0, 0.05) is 11.6 Å². The summed E-state index contributed by atoms with van der Waals surface area (Å²) < 4.78 is 25.7. The molecule has 0 atom stereocenters. The van der Waals surface area contributed by atoms with E-state index in [9.17, 15) is 9.18 Å². The summed E-state index contributed by atoms with van der Waals surface area (Å²) >= 11 is 0. The SMILES string of the molecule is CC1(C)OB(c2ccc(C=CC(=O)O)c(F)c2)OC1(C)C. The summed E-state index contributed by atoms with van der Waals surface area (Å²) in [6.07, 6.45) is 2.11. The highest BCUT2D eigenvalue weighted by Gasteiger charge is 2.51. The molecule has 112 valence electrons. The average molecular weight is 292 g/mol. The standard InChI is InChI=1S/C15H18BFO4/c1-14(2)15(3,4)21-16(20-14)11-7-5-10(12(17)9-11)6-8-13(18)19/h5-9H,1-4H3,(H,18,19). The van der Waals surface area contributed by atoms with E-state index in [-0.39, 0.29) is 5.56 Å². The lowest BCUT2D eigenvalue weighted by Crippen LogP contribution is -2.41. The monoisotopic (exact) mass is 292 g/mol. The molecule has 1 saturated heterocycles. The molecule has 6 heteroatoms. The van der Waals surface area contributed by atoms with Gasteiger partial charge in [-0.3, -0.25) is 0 Å². The molecule has 0 amide bonds. The summed E-state index contributed by atoms with van der Waals surface area (Å²) in [4.78, 5) is 10.5. The number of hydrogen-bond donors (Lipinski definition) is 1. The number of carbonyl (C=O) groups is 1. The fourth-order valence-electron chi connectivity index (χ4n) is 1.97. The topological polar surface area (TPSA) is 55.8 Å². The van der Waals surface area contributed by atoms with Crippen molar-refractivity contribution in [1.29, 1.82) is 0 Å². The first kappa shape index (κ1) is 15.7. The van der Waals surface area contributed by atoms with Gasteiger partial charge in [0.2, 0.25) is 0 Å². The van der Waals surface area contributed by atoms with E-state index in [1.807, 2.05) is 27.7 Å². The predicted molar refractivity (Wildman–Crippen MR) is 78.8 cm³/mol. The van der Waals surface area contributed by atoms with Gasteiger partial charge in [-0.2, -0.15) is 0 Å². The maximum atomic E-state index is 14.0. The zero-order valence-corrected chi connectivity index (χ0v) is 12.5. The number of rotatable bonds is 3. The predicted octanol–water partition coefficient (Wildman–Crippen LogP) is 2.22. The van der Waals surface area contributed by atoms with Crippen LogP contribution in [-0.2, 0) is 14.1 Å². The molecule has 1 N–H and O–H groups in total. The van der Waals surface area contributed by atoms with E-state index in [0.717, 1.165) is 6.08 Å². The van der Waals surface area contributed by atoms with Gasteiger partial charge in [0.15, 0.2) is 0 Å². The van der Waals surface area contributed by atoms with Gasteiger partial charge in [0.05, 0.1) is 11.2 Å². The average Bonchev–Trinajstić information content (AvgIpc) is 2.56. The third kappa shape index (κ3) is 3.17. The lowest BCUT2D eigenvalue weighted by Gasteiger charge is -2.32. The van der Waals surface area contributed by atoms with Crippen molar-refractivity contribution in [2.45, 2.75) is 38.9 Å². The third-order valence-electron chi connectivity index (χ3n) is 3.96. The molecule has 1 aromatic carbocycles. The van der Waals surface area contributed by atoms with E-state index in [2.05, 4.69) is 0 Å². The van der Waals surface area contributed by atoms with Crippen molar-refractivity contribution < 1.29 is 23.6 Å². The first-order chi connectivity index (χ1) is 9.62. The van der Waals surface area contributed by atoms with Gasteiger partial charge in [-0.25, -0.2) is 9.18 Å². The van der Waals surface area contributed by atoms with Crippen LogP contribution >= 0.6 is 0 Å². The van der Waals surface area contributed by atoms with Crippen molar-refractivity contribution in [3.63, 3.8) is 0 Å². The Hall–Kier alpha value is -1.66. The van der Waals surface area contributed by atoms with Crippen LogP contribution in [0.1, 0.15) is 33.3 Å². The van der Waals surface area contributed by atoms with Gasteiger partial charge in [-0.05, 0) is 45.3 Å². The van der Waals surface area contributed by atoms with Gasteiger partial charge in [0.25, 0.3) is 0 Å². The minimum atomic E-state index is -1.12. The van der Waals surface area contributed by atoms with Crippen LogP contribution in [0.3, 0.4) is 0 Å². The Bertz CT molecular complexity index is 579. The van der Waals surface area contributed by atoms with Crippen LogP contribution in [0.5, 0.6) is 0 Å². The highest BCUT2D eigenvalue weighted by Crippen LogP contribution is 2.36. The van der Waals surface area contributed by atoms with Gasteiger partial charge in [-0.15, -0.1) is 0 Å². The molecule has 1 heterocycles. The second-order valence-corrected chi connectivity index (χ2v) is 6.04. The van der Waals surface area contributed by atoms with Crippen LogP contribution < -0.4 is 5.46 Å². The van der Waals surface area contributed by atoms with E-state index in [0.29, 0.717) is 5.46 Å². The lowest BCUT2D eigenvalue weighted by molar-refractivity contribution is -0.131. The fraction of sp³-hybridized carbons (Fsp3) is 0.400. The van der Waals surface area contributed by atoms with E-state index >= 15 is 0 Å². The summed E-state index contributed by atoms with van der Waals surface area (Å²) in [5, 5.41) is 8.56. The summed E-state index contributed by atoms with van der Waals surface area (Å²) in [7, 11) is -0.637. The van der Waals surface area contributed by atoms with Crippen molar-refractivity contribution >= 4 is 24.6 Å². The molecule has 0 aromatic heterocycles. The number of carboxylic acid groups (broad SMARTS) is 1. The first-order valence-corrected chi connectivity index (χ1v) is 6.68. The largest absolute Gasteiger partial charge is 0.494 e. The summed E-state index contributed by atoms with van der Waals surface area (Å²) in [6.45, 7) is 7.70. The van der Waals surface area contributed by atoms with Gasteiger partial charge < -0.3 is 14.4 Å². The Labute approximate surface area is 123 Å². The van der Waals surface area contributed by atoms with Crippen LogP contribution in [0.15, 0.2) is 24.3 Å². The van der Waals surface area contributed by atoms with Crippen molar-refractivity contribution in [3.05, 3.63) is 35.7 Å². The molecule has 1 fully saturated rings. The van der Waals surface area contributed by atoms with Crippen molar-refractivity contribution in [2.24, 2.45) is 0 Å². The van der Waals surface area contributed by atoms with E-state index < -0.39 is 30.1 Å². The number of hydrogen-bond acceptors (Lipinski definition) is 3. The maximum Gasteiger partial charge on any atom is 0.494 e. The zero-order chi connectivity index (χ0) is 15.8. The Morgan fingerprint density at radius 3 is 2.29 bits per heavy atom. The minimum absolute atomic E-state index is 0.206. The first-order valence-electron chi connectivity index (χ1n) is 6.68. The third-order valence-corrected chi connectivity index (χ3v) is 3.96. The van der Waals surface area contributed by atoms with Gasteiger partial charge >= 0.3 is 13.1 Å². The highest BCUT2D eigenvalue weighted by molar-refractivity contribution is 6.62. The van der Waals surface area contributed by atoms with E-state index in [4.69, 9.17) is 14.4 Å².